The van der Waals surface area contributed by atoms with E-state index < -0.39 is 0 Å². The van der Waals surface area contributed by atoms with Gasteiger partial charge in [-0.25, -0.2) is 0 Å². The van der Waals surface area contributed by atoms with Crippen molar-refractivity contribution in [2.45, 2.75) is 82.3 Å². The predicted molar refractivity (Wildman–Crippen MR) is 119 cm³/mol. The van der Waals surface area contributed by atoms with Crippen LogP contribution in [-0.4, -0.2) is 66.4 Å². The van der Waals surface area contributed by atoms with Crippen molar-refractivity contribution in [1.29, 1.82) is 0 Å². The van der Waals surface area contributed by atoms with Crippen molar-refractivity contribution < 1.29 is 9.84 Å². The van der Waals surface area contributed by atoms with Crippen LogP contribution in [0.25, 0.3) is 0 Å². The number of nitrogens with zero attached hydrogens (tertiary/aromatic N) is 2. The van der Waals surface area contributed by atoms with E-state index in [2.05, 4.69) is 34.1 Å². The minimum atomic E-state index is -0.0620. The van der Waals surface area contributed by atoms with E-state index in [4.69, 9.17) is 4.74 Å². The van der Waals surface area contributed by atoms with Crippen LogP contribution in [0.3, 0.4) is 0 Å². The lowest BCUT2D eigenvalue weighted by atomic mass is 9.81. The summed E-state index contributed by atoms with van der Waals surface area (Å²) in [4.78, 5) is 5.21. The van der Waals surface area contributed by atoms with Crippen molar-refractivity contribution in [2.24, 2.45) is 0 Å². The van der Waals surface area contributed by atoms with Crippen molar-refractivity contribution in [1.82, 2.24) is 9.80 Å². The molecule has 0 bridgehead atoms. The van der Waals surface area contributed by atoms with Gasteiger partial charge in [0.25, 0.3) is 0 Å². The molecular weight excluding hydrogens is 360 g/mol. The molecule has 3 aliphatic rings. The summed E-state index contributed by atoms with van der Waals surface area (Å²) in [5, 5.41) is 9.73. The summed E-state index contributed by atoms with van der Waals surface area (Å²) in [6.45, 7) is 6.72. The van der Waals surface area contributed by atoms with Crippen LogP contribution in [0, 0.1) is 0 Å². The van der Waals surface area contributed by atoms with E-state index in [9.17, 15) is 5.11 Å². The third kappa shape index (κ3) is 6.19. The highest BCUT2D eigenvalue weighted by molar-refractivity contribution is 5.29. The van der Waals surface area contributed by atoms with Crippen LogP contribution in [0.2, 0.25) is 0 Å². The summed E-state index contributed by atoms with van der Waals surface area (Å²) >= 11 is 0. The Morgan fingerprint density at radius 2 is 1.52 bits per heavy atom. The Labute approximate surface area is 177 Å². The molecule has 29 heavy (non-hydrogen) atoms. The normalized spacial score (nSPS) is 27.8. The van der Waals surface area contributed by atoms with Gasteiger partial charge < -0.3 is 19.6 Å². The smallest absolute Gasteiger partial charge is 0.119 e. The molecule has 2 saturated heterocycles. The van der Waals surface area contributed by atoms with Gasteiger partial charge in [-0.05, 0) is 94.5 Å². The molecule has 1 saturated carbocycles. The quantitative estimate of drug-likeness (QED) is 0.687. The zero-order valence-electron chi connectivity index (χ0n) is 18.1. The summed E-state index contributed by atoms with van der Waals surface area (Å²) in [7, 11) is 0. The fourth-order valence-corrected chi connectivity index (χ4v) is 5.52. The summed E-state index contributed by atoms with van der Waals surface area (Å²) in [5.41, 5.74) is 1.48. The van der Waals surface area contributed by atoms with Gasteiger partial charge in [-0.15, -0.1) is 0 Å². The zero-order valence-corrected chi connectivity index (χ0v) is 18.1. The molecular formula is C25H40N2O2. The van der Waals surface area contributed by atoms with Crippen LogP contribution < -0.4 is 4.74 Å². The molecule has 1 N–H and O–H groups in total. The third-order valence-electron chi connectivity index (χ3n) is 7.40. The molecule has 1 aromatic rings. The van der Waals surface area contributed by atoms with E-state index in [-0.39, 0.29) is 6.10 Å². The fourth-order valence-electron chi connectivity index (χ4n) is 5.52. The van der Waals surface area contributed by atoms with E-state index in [1.54, 1.807) is 0 Å². The Morgan fingerprint density at radius 3 is 2.21 bits per heavy atom. The Hall–Kier alpha value is -1.10. The molecule has 4 nitrogen and oxygen atoms in total. The van der Waals surface area contributed by atoms with Crippen molar-refractivity contribution in [3.63, 3.8) is 0 Å². The van der Waals surface area contributed by atoms with Crippen LogP contribution in [0.15, 0.2) is 24.3 Å². The summed E-state index contributed by atoms with van der Waals surface area (Å²) in [6.07, 6.45) is 12.3. The zero-order chi connectivity index (χ0) is 19.9. The summed E-state index contributed by atoms with van der Waals surface area (Å²) in [6, 6.07) is 9.67. The number of piperidine rings is 2. The van der Waals surface area contributed by atoms with E-state index in [0.717, 1.165) is 50.8 Å². The molecule has 4 heteroatoms. The van der Waals surface area contributed by atoms with Gasteiger partial charge in [0.1, 0.15) is 5.75 Å². The van der Waals surface area contributed by atoms with E-state index in [0.29, 0.717) is 5.92 Å². The molecule has 2 heterocycles. The average molecular weight is 401 g/mol. The summed E-state index contributed by atoms with van der Waals surface area (Å²) in [5.74, 6) is 1.72. The highest BCUT2D eigenvalue weighted by Gasteiger charge is 2.28. The van der Waals surface area contributed by atoms with Crippen molar-refractivity contribution >= 4 is 0 Å². The lowest BCUT2D eigenvalue weighted by Crippen LogP contribution is -2.44. The second-order valence-corrected chi connectivity index (χ2v) is 9.45. The Bertz CT molecular complexity index is 583. The van der Waals surface area contributed by atoms with Gasteiger partial charge in [-0.3, -0.25) is 0 Å². The van der Waals surface area contributed by atoms with E-state index in [1.807, 2.05) is 0 Å². The Kier molecular flexibility index (Phi) is 7.87. The average Bonchev–Trinajstić information content (AvgIpc) is 2.79. The first-order valence-electron chi connectivity index (χ1n) is 12.1. The number of benzene rings is 1. The molecule has 0 unspecified atom stereocenters. The van der Waals surface area contributed by atoms with Gasteiger partial charge in [-0.1, -0.05) is 18.6 Å². The number of aliphatic hydroxyl groups excluding tert-OH is 1. The maximum absolute atomic E-state index is 9.73. The first-order chi connectivity index (χ1) is 14.3. The Balaban J connectivity index is 1.16. The predicted octanol–water partition coefficient (Wildman–Crippen LogP) is 4.42. The topological polar surface area (TPSA) is 35.9 Å². The van der Waals surface area contributed by atoms with Crippen LogP contribution in [0.4, 0.5) is 0 Å². The molecule has 0 spiro atoms. The molecule has 3 fully saturated rings. The van der Waals surface area contributed by atoms with E-state index in [1.165, 1.54) is 70.1 Å². The van der Waals surface area contributed by atoms with Gasteiger partial charge in [0, 0.05) is 25.7 Å². The van der Waals surface area contributed by atoms with Gasteiger partial charge in [-0.2, -0.15) is 0 Å². The van der Waals surface area contributed by atoms with Crippen LogP contribution >= 0.6 is 0 Å². The minimum absolute atomic E-state index is 0.0620. The molecule has 0 atom stereocenters. The molecule has 4 rings (SSSR count). The first-order valence-corrected chi connectivity index (χ1v) is 12.1. The van der Waals surface area contributed by atoms with Gasteiger partial charge >= 0.3 is 0 Å². The lowest BCUT2D eigenvalue weighted by molar-refractivity contribution is 0.0487. The van der Waals surface area contributed by atoms with Crippen LogP contribution in [-0.2, 0) is 0 Å². The van der Waals surface area contributed by atoms with Gasteiger partial charge in [0.15, 0.2) is 0 Å². The molecule has 1 aromatic carbocycles. The van der Waals surface area contributed by atoms with Crippen molar-refractivity contribution in [2.75, 3.05) is 39.3 Å². The summed E-state index contributed by atoms with van der Waals surface area (Å²) < 4.78 is 5.99. The van der Waals surface area contributed by atoms with Gasteiger partial charge in [0.2, 0.25) is 0 Å². The number of ether oxygens (including phenoxy) is 1. The SMILES string of the molecule is OC1CCN(C2CCC(c3ccc(OCCCN4CCCCC4)cc3)CC2)CC1. The Morgan fingerprint density at radius 1 is 0.828 bits per heavy atom. The second kappa shape index (κ2) is 10.8. The van der Waals surface area contributed by atoms with Crippen molar-refractivity contribution in [3.8, 4) is 5.75 Å². The molecule has 162 valence electrons. The number of hydrogen-bond acceptors (Lipinski definition) is 4. The number of aliphatic hydroxyl groups is 1. The van der Waals surface area contributed by atoms with E-state index >= 15 is 0 Å². The largest absolute Gasteiger partial charge is 0.494 e. The second-order valence-electron chi connectivity index (χ2n) is 9.45. The van der Waals surface area contributed by atoms with Crippen LogP contribution in [0.5, 0.6) is 5.75 Å². The van der Waals surface area contributed by atoms with Crippen LogP contribution in [0.1, 0.15) is 75.7 Å². The maximum atomic E-state index is 9.73. The standard InChI is InChI=1S/C25H40N2O2/c28-24-13-18-27(19-14-24)23-9-5-21(6-10-23)22-7-11-25(12-8-22)29-20-4-17-26-15-2-1-3-16-26/h7-8,11-12,21,23-24,28H,1-6,9-10,13-20H2. The lowest BCUT2D eigenvalue weighted by Gasteiger charge is -2.40. The number of rotatable bonds is 7. The monoisotopic (exact) mass is 400 g/mol. The maximum Gasteiger partial charge on any atom is 0.119 e. The molecule has 0 radical (unpaired) electrons. The number of likely N-dealkylation sites (tertiary alicyclic amines) is 2. The molecule has 0 amide bonds. The highest BCUT2D eigenvalue weighted by atomic mass is 16.5. The fraction of sp³-hybridized carbons (Fsp3) is 0.760. The first kappa shape index (κ1) is 21.1. The molecule has 0 aromatic heterocycles. The molecule has 1 aliphatic carbocycles. The number of hydrogen-bond donors (Lipinski definition) is 1. The van der Waals surface area contributed by atoms with Crippen molar-refractivity contribution in [3.05, 3.63) is 29.8 Å². The molecule has 2 aliphatic heterocycles. The minimum Gasteiger partial charge on any atom is -0.494 e. The third-order valence-corrected chi connectivity index (χ3v) is 7.40. The van der Waals surface area contributed by atoms with Gasteiger partial charge in [0.05, 0.1) is 12.7 Å². The highest BCUT2D eigenvalue weighted by Crippen LogP contribution is 2.36.